The van der Waals surface area contributed by atoms with Crippen LogP contribution in [0.4, 0.5) is 0 Å². The van der Waals surface area contributed by atoms with Crippen LogP contribution in [0.1, 0.15) is 0 Å². The SMILES string of the molecule is Brc1ccc(-c2ccccc2)cc1.c1ccc(-c2ccc(-n3c4cc(-c5ccccc5)ccc4c4cc5c6ccccc6n(-c6ccccc6)c5cc43)cc2)cc1.c1ccc(-c2ccc3c(c2)[nH]c2cc4c(cc23)c2ccccc2n4-c2ccccc2)cc1. The highest BCUT2D eigenvalue weighted by molar-refractivity contribution is 9.10. The number of aromatic amines is 1. The molecule has 0 fully saturated rings. The van der Waals surface area contributed by atoms with Crippen LogP contribution in [0, 0.1) is 0 Å². The van der Waals surface area contributed by atoms with Crippen molar-refractivity contribution < 1.29 is 0 Å². The Balaban J connectivity index is 0.000000123. The zero-order valence-corrected chi connectivity index (χ0v) is 50.1. The van der Waals surface area contributed by atoms with Gasteiger partial charge in [0, 0.05) is 75.7 Å². The average molecular weight is 1200 g/mol. The van der Waals surface area contributed by atoms with Crippen LogP contribution < -0.4 is 0 Å². The standard InChI is InChI=1S/C42H28N2.C30H20N2.C12H9Br/c1-4-12-29(13-5-1)31-20-23-34(24-21-31)44-40-26-32(30-14-6-2-7-15-30)22-25-36(40)38-27-37-35-18-10-11-19-39(35)43(41(37)28-42(38)44)33-16-8-3-9-17-33;1-3-9-20(10-4-1)21-15-16-23-25-18-26-24-13-7-8-14-29(24)32(22-11-5-2-6-12-22)30(26)19-28(25)31-27(23)17-21;13-12-8-6-11(7-9-12)10-4-2-1-3-5-10/h1-28H;1-19,31H;1-9H. The summed E-state index contributed by atoms with van der Waals surface area (Å²) in [6.45, 7) is 0. The second-order valence-corrected chi connectivity index (χ2v) is 23.6. The van der Waals surface area contributed by atoms with Crippen LogP contribution in [-0.4, -0.2) is 18.7 Å². The van der Waals surface area contributed by atoms with Crippen molar-refractivity contribution in [1.82, 2.24) is 18.7 Å². The first-order valence-corrected chi connectivity index (χ1v) is 31.0. The molecule has 420 valence electrons. The molecule has 0 saturated heterocycles. The number of aromatic nitrogens is 4. The van der Waals surface area contributed by atoms with Gasteiger partial charge >= 0.3 is 0 Å². The maximum absolute atomic E-state index is 3.69. The Bertz CT molecular complexity index is 5560. The van der Waals surface area contributed by atoms with Crippen LogP contribution in [0.2, 0.25) is 0 Å². The van der Waals surface area contributed by atoms with E-state index in [1.807, 2.05) is 6.07 Å². The van der Waals surface area contributed by atoms with Crippen molar-refractivity contribution in [3.05, 3.63) is 344 Å². The average Bonchev–Trinajstić information content (AvgIpc) is 1.60. The lowest BCUT2D eigenvalue weighted by atomic mass is 10.0. The van der Waals surface area contributed by atoms with E-state index in [-0.39, 0.29) is 0 Å². The van der Waals surface area contributed by atoms with Gasteiger partial charge in [-0.05, 0) is 142 Å². The second-order valence-electron chi connectivity index (χ2n) is 22.6. The molecular formula is C84H57BrN4. The second kappa shape index (κ2) is 22.9. The fraction of sp³-hybridized carbons (Fsp3) is 0. The third kappa shape index (κ3) is 9.84. The number of halogens is 1. The van der Waals surface area contributed by atoms with Gasteiger partial charge in [-0.25, -0.2) is 0 Å². The molecule has 0 saturated carbocycles. The molecule has 0 amide bonds. The minimum absolute atomic E-state index is 1.12. The van der Waals surface area contributed by atoms with E-state index < -0.39 is 0 Å². The molecule has 18 rings (SSSR count). The molecule has 0 unspecified atom stereocenters. The predicted octanol–water partition coefficient (Wildman–Crippen LogP) is 23.4. The fourth-order valence-electron chi connectivity index (χ4n) is 13.2. The van der Waals surface area contributed by atoms with E-state index in [1.54, 1.807) is 0 Å². The Morgan fingerprint density at radius 1 is 0.191 bits per heavy atom. The highest BCUT2D eigenvalue weighted by Gasteiger charge is 2.20. The molecule has 0 aliphatic carbocycles. The molecule has 18 aromatic rings. The summed E-state index contributed by atoms with van der Waals surface area (Å²) >= 11 is 3.42. The van der Waals surface area contributed by atoms with Gasteiger partial charge < -0.3 is 18.7 Å². The lowest BCUT2D eigenvalue weighted by Crippen LogP contribution is -1.96. The molecule has 0 radical (unpaired) electrons. The van der Waals surface area contributed by atoms with Crippen molar-refractivity contribution in [2.24, 2.45) is 0 Å². The number of nitrogens with zero attached hydrogens (tertiary/aromatic N) is 3. The quantitative estimate of drug-likeness (QED) is 0.165. The van der Waals surface area contributed by atoms with E-state index in [4.69, 9.17) is 0 Å². The minimum Gasteiger partial charge on any atom is -0.354 e. The first-order chi connectivity index (χ1) is 44.1. The fourth-order valence-corrected chi connectivity index (χ4v) is 13.4. The first-order valence-electron chi connectivity index (χ1n) is 30.2. The highest BCUT2D eigenvalue weighted by Crippen LogP contribution is 2.42. The Kier molecular flexibility index (Phi) is 13.7. The summed E-state index contributed by atoms with van der Waals surface area (Å²) in [5, 5.41) is 10.1. The Hall–Kier alpha value is -11.2. The van der Waals surface area contributed by atoms with Gasteiger partial charge in [-0.1, -0.05) is 259 Å². The van der Waals surface area contributed by atoms with Crippen molar-refractivity contribution in [2.45, 2.75) is 0 Å². The molecular weight excluding hydrogens is 1140 g/mol. The van der Waals surface area contributed by atoms with Crippen molar-refractivity contribution in [3.8, 4) is 61.6 Å². The molecule has 5 heteroatoms. The Morgan fingerprint density at radius 3 is 1.00 bits per heavy atom. The van der Waals surface area contributed by atoms with Gasteiger partial charge in [0.05, 0.1) is 33.1 Å². The van der Waals surface area contributed by atoms with Crippen molar-refractivity contribution >= 4 is 103 Å². The van der Waals surface area contributed by atoms with Gasteiger partial charge in [0.25, 0.3) is 0 Å². The third-order valence-electron chi connectivity index (χ3n) is 17.4. The summed E-state index contributed by atoms with van der Waals surface area (Å²) in [5.41, 5.74) is 23.0. The van der Waals surface area contributed by atoms with Crippen LogP contribution in [0.3, 0.4) is 0 Å². The summed E-state index contributed by atoms with van der Waals surface area (Å²) in [5.74, 6) is 0. The highest BCUT2D eigenvalue weighted by atomic mass is 79.9. The monoisotopic (exact) mass is 1200 g/mol. The Morgan fingerprint density at radius 2 is 0.506 bits per heavy atom. The van der Waals surface area contributed by atoms with Gasteiger partial charge in [-0.2, -0.15) is 0 Å². The molecule has 4 heterocycles. The van der Waals surface area contributed by atoms with Crippen molar-refractivity contribution in [2.75, 3.05) is 0 Å². The zero-order valence-electron chi connectivity index (χ0n) is 48.6. The van der Waals surface area contributed by atoms with E-state index in [0.717, 1.165) is 15.7 Å². The topological polar surface area (TPSA) is 30.6 Å². The third-order valence-corrected chi connectivity index (χ3v) is 17.9. The number of hydrogen-bond donors (Lipinski definition) is 1. The number of hydrogen-bond acceptors (Lipinski definition) is 0. The molecule has 14 aromatic carbocycles. The first kappa shape index (κ1) is 53.2. The van der Waals surface area contributed by atoms with Crippen LogP contribution in [-0.2, 0) is 0 Å². The summed E-state index contributed by atoms with van der Waals surface area (Å²) in [4.78, 5) is 3.69. The van der Waals surface area contributed by atoms with Crippen molar-refractivity contribution in [1.29, 1.82) is 0 Å². The van der Waals surface area contributed by atoms with E-state index in [0.29, 0.717) is 0 Å². The summed E-state index contributed by atoms with van der Waals surface area (Å²) in [6.07, 6.45) is 0. The maximum Gasteiger partial charge on any atom is 0.0562 e. The zero-order chi connectivity index (χ0) is 59.2. The number of nitrogens with one attached hydrogen (secondary N) is 1. The van der Waals surface area contributed by atoms with Crippen LogP contribution >= 0.6 is 15.9 Å². The van der Waals surface area contributed by atoms with Gasteiger partial charge in [0.2, 0.25) is 0 Å². The van der Waals surface area contributed by atoms with E-state index in [2.05, 4.69) is 368 Å². The molecule has 0 aliphatic rings. The van der Waals surface area contributed by atoms with Crippen LogP contribution in [0.15, 0.2) is 344 Å². The molecule has 0 atom stereocenters. The number of H-pyrrole nitrogens is 1. The van der Waals surface area contributed by atoms with Gasteiger partial charge in [-0.15, -0.1) is 0 Å². The van der Waals surface area contributed by atoms with E-state index in [1.165, 1.54) is 138 Å². The van der Waals surface area contributed by atoms with Gasteiger partial charge in [0.1, 0.15) is 0 Å². The molecule has 4 nitrogen and oxygen atoms in total. The van der Waals surface area contributed by atoms with Gasteiger partial charge in [0.15, 0.2) is 0 Å². The van der Waals surface area contributed by atoms with Crippen LogP contribution in [0.25, 0.3) is 149 Å². The van der Waals surface area contributed by atoms with E-state index in [9.17, 15) is 0 Å². The molecule has 1 N–H and O–H groups in total. The largest absolute Gasteiger partial charge is 0.354 e. The number of rotatable bonds is 7. The lowest BCUT2D eigenvalue weighted by molar-refractivity contribution is 1.16. The minimum atomic E-state index is 1.12. The maximum atomic E-state index is 3.69. The summed E-state index contributed by atoms with van der Waals surface area (Å²) in [6, 6.07) is 121. The lowest BCUT2D eigenvalue weighted by Gasteiger charge is -2.11. The van der Waals surface area contributed by atoms with Crippen LogP contribution in [0.5, 0.6) is 0 Å². The normalized spacial score (nSPS) is 11.4. The van der Waals surface area contributed by atoms with Crippen molar-refractivity contribution in [3.63, 3.8) is 0 Å². The Labute approximate surface area is 524 Å². The molecule has 89 heavy (non-hydrogen) atoms. The predicted molar refractivity (Wildman–Crippen MR) is 381 cm³/mol. The summed E-state index contributed by atoms with van der Waals surface area (Å²) < 4.78 is 8.33. The number of para-hydroxylation sites is 4. The number of benzene rings is 14. The molecule has 4 aromatic heterocycles. The van der Waals surface area contributed by atoms with Gasteiger partial charge in [-0.3, -0.25) is 0 Å². The smallest absolute Gasteiger partial charge is 0.0562 e. The molecule has 0 spiro atoms. The molecule has 0 aliphatic heterocycles. The molecule has 0 bridgehead atoms. The number of fused-ring (bicyclic) bond motifs is 12. The summed E-state index contributed by atoms with van der Waals surface area (Å²) in [7, 11) is 0. The van der Waals surface area contributed by atoms with E-state index >= 15 is 0 Å².